The van der Waals surface area contributed by atoms with E-state index >= 15 is 0 Å². The predicted octanol–water partition coefficient (Wildman–Crippen LogP) is 5.86. The molecule has 0 unspecified atom stereocenters. The van der Waals surface area contributed by atoms with Crippen LogP contribution >= 0.6 is 0 Å². The molecular weight excluding hydrogens is 350 g/mol. The van der Waals surface area contributed by atoms with Gasteiger partial charge in [0.25, 0.3) is 0 Å². The lowest BCUT2D eigenvalue weighted by Gasteiger charge is -2.55. The topological polar surface area (TPSA) is 47.6 Å². The molecule has 1 amide bonds. The Morgan fingerprint density at radius 3 is 2.71 bits per heavy atom. The van der Waals surface area contributed by atoms with Gasteiger partial charge in [-0.3, -0.25) is 0 Å². The summed E-state index contributed by atoms with van der Waals surface area (Å²) in [6, 6.07) is 0.292. The second-order valence-corrected chi connectivity index (χ2v) is 9.65. The zero-order chi connectivity index (χ0) is 20.1. The SMILES string of the molecule is CCCCC[C@@H]1OC[C@]2(COC(=O)NC3CCCCC3)[C@H](C)[C@@H]1C(C)=C[C@@H]2C. The van der Waals surface area contributed by atoms with Crippen LogP contribution in [0.5, 0.6) is 0 Å². The van der Waals surface area contributed by atoms with Crippen molar-refractivity contribution >= 4 is 6.09 Å². The smallest absolute Gasteiger partial charge is 0.407 e. The van der Waals surface area contributed by atoms with Crippen LogP contribution in [0.1, 0.15) is 85.5 Å². The van der Waals surface area contributed by atoms with Crippen LogP contribution in [0.15, 0.2) is 11.6 Å². The van der Waals surface area contributed by atoms with Gasteiger partial charge in [0, 0.05) is 17.4 Å². The van der Waals surface area contributed by atoms with Crippen molar-refractivity contribution in [3.8, 4) is 0 Å². The minimum Gasteiger partial charge on any atom is -0.449 e. The van der Waals surface area contributed by atoms with Crippen LogP contribution in [0.3, 0.4) is 0 Å². The van der Waals surface area contributed by atoms with Crippen LogP contribution in [-0.4, -0.2) is 31.5 Å². The molecule has 28 heavy (non-hydrogen) atoms. The molecule has 0 spiro atoms. The zero-order valence-electron chi connectivity index (χ0n) is 18.5. The number of hydrogen-bond donors (Lipinski definition) is 1. The summed E-state index contributed by atoms with van der Waals surface area (Å²) >= 11 is 0. The van der Waals surface area contributed by atoms with Crippen LogP contribution in [-0.2, 0) is 9.47 Å². The molecule has 2 fully saturated rings. The van der Waals surface area contributed by atoms with Gasteiger partial charge >= 0.3 is 6.09 Å². The van der Waals surface area contributed by atoms with Crippen molar-refractivity contribution in [1.82, 2.24) is 5.32 Å². The number of carbonyl (C=O) groups excluding carboxylic acids is 1. The van der Waals surface area contributed by atoms with E-state index in [-0.39, 0.29) is 11.5 Å². The van der Waals surface area contributed by atoms with E-state index in [0.717, 1.165) is 19.3 Å². The van der Waals surface area contributed by atoms with Crippen molar-refractivity contribution in [2.24, 2.45) is 23.2 Å². The fraction of sp³-hybridized carbons (Fsp3) is 0.875. The highest BCUT2D eigenvalue weighted by Gasteiger charge is 2.53. The third-order valence-electron chi connectivity index (χ3n) is 7.85. The number of unbranched alkanes of at least 4 members (excludes halogenated alkanes) is 2. The summed E-state index contributed by atoms with van der Waals surface area (Å²) in [6.45, 7) is 10.3. The normalized spacial score (nSPS) is 35.9. The third kappa shape index (κ3) is 4.58. The van der Waals surface area contributed by atoms with Crippen molar-refractivity contribution in [3.05, 3.63) is 11.6 Å². The Balaban J connectivity index is 1.62. The van der Waals surface area contributed by atoms with Crippen LogP contribution in [0, 0.1) is 23.2 Å². The van der Waals surface area contributed by atoms with Crippen molar-refractivity contribution in [2.75, 3.05) is 13.2 Å². The fourth-order valence-corrected chi connectivity index (χ4v) is 5.90. The van der Waals surface area contributed by atoms with Crippen LogP contribution in [0.2, 0.25) is 0 Å². The van der Waals surface area contributed by atoms with Gasteiger partial charge < -0.3 is 14.8 Å². The van der Waals surface area contributed by atoms with Gasteiger partial charge in [0.15, 0.2) is 0 Å². The van der Waals surface area contributed by atoms with E-state index in [1.165, 1.54) is 44.1 Å². The molecule has 0 aromatic heterocycles. The molecule has 1 saturated heterocycles. The molecule has 1 saturated carbocycles. The van der Waals surface area contributed by atoms with Gasteiger partial charge in [-0.2, -0.15) is 0 Å². The maximum Gasteiger partial charge on any atom is 0.407 e. The minimum atomic E-state index is -0.242. The second kappa shape index (κ2) is 9.65. The van der Waals surface area contributed by atoms with Crippen molar-refractivity contribution < 1.29 is 14.3 Å². The number of ether oxygens (including phenoxy) is 2. The van der Waals surface area contributed by atoms with Gasteiger partial charge in [-0.25, -0.2) is 4.79 Å². The van der Waals surface area contributed by atoms with E-state index in [0.29, 0.717) is 43.1 Å². The maximum atomic E-state index is 12.4. The van der Waals surface area contributed by atoms with Gasteiger partial charge in [0.1, 0.15) is 6.61 Å². The molecule has 2 bridgehead atoms. The number of rotatable bonds is 7. The largest absolute Gasteiger partial charge is 0.449 e. The summed E-state index contributed by atoms with van der Waals surface area (Å²) in [4.78, 5) is 12.4. The van der Waals surface area contributed by atoms with E-state index in [1.54, 1.807) is 0 Å². The zero-order valence-corrected chi connectivity index (χ0v) is 18.5. The average molecular weight is 392 g/mol. The Bertz CT molecular complexity index is 554. The number of nitrogens with one attached hydrogen (secondary N) is 1. The van der Waals surface area contributed by atoms with Crippen LogP contribution in [0.4, 0.5) is 4.79 Å². The van der Waals surface area contributed by atoms with Crippen LogP contribution < -0.4 is 5.32 Å². The average Bonchev–Trinajstić information content (AvgIpc) is 2.67. The molecule has 1 N–H and O–H groups in total. The lowest BCUT2D eigenvalue weighted by molar-refractivity contribution is -0.165. The minimum absolute atomic E-state index is 0.102. The third-order valence-corrected chi connectivity index (χ3v) is 7.85. The predicted molar refractivity (Wildman–Crippen MR) is 113 cm³/mol. The standard InChI is InChI=1S/C24H41NO3/c1-5-6-8-13-21-22-17(2)14-18(3)24(15-27-21,19(22)4)16-28-23(26)25-20-11-9-7-10-12-20/h14,18-22H,5-13,15-16H2,1-4H3,(H,25,26)/t18-,19+,21-,22-,24+/m0/s1. The summed E-state index contributed by atoms with van der Waals surface area (Å²) in [5.41, 5.74) is 1.36. The lowest BCUT2D eigenvalue weighted by Crippen LogP contribution is -2.57. The molecular formula is C24H41NO3. The van der Waals surface area contributed by atoms with Gasteiger partial charge in [0.2, 0.25) is 0 Å². The first kappa shape index (κ1) is 21.7. The Hall–Kier alpha value is -1.03. The number of fused-ring (bicyclic) bond motifs is 2. The maximum absolute atomic E-state index is 12.4. The second-order valence-electron chi connectivity index (χ2n) is 9.65. The quantitative estimate of drug-likeness (QED) is 0.437. The lowest BCUT2D eigenvalue weighted by atomic mass is 9.56. The molecule has 0 aromatic carbocycles. The molecule has 1 aliphatic heterocycles. The fourth-order valence-electron chi connectivity index (χ4n) is 5.90. The van der Waals surface area contributed by atoms with Gasteiger partial charge in [-0.15, -0.1) is 0 Å². The summed E-state index contributed by atoms with van der Waals surface area (Å²) < 4.78 is 12.2. The Morgan fingerprint density at radius 1 is 1.25 bits per heavy atom. The number of hydrogen-bond acceptors (Lipinski definition) is 3. The first-order chi connectivity index (χ1) is 13.5. The molecule has 1 heterocycles. The van der Waals surface area contributed by atoms with E-state index in [1.807, 2.05) is 0 Å². The Morgan fingerprint density at radius 2 is 2.00 bits per heavy atom. The summed E-state index contributed by atoms with van der Waals surface area (Å²) in [6.07, 6.45) is 13.3. The van der Waals surface area contributed by atoms with E-state index in [4.69, 9.17) is 9.47 Å². The molecule has 160 valence electrons. The summed E-state index contributed by atoms with van der Waals surface area (Å²) in [5, 5.41) is 3.09. The Labute approximate surface area is 171 Å². The summed E-state index contributed by atoms with van der Waals surface area (Å²) in [5.74, 6) is 1.28. The first-order valence-electron chi connectivity index (χ1n) is 11.7. The first-order valence-corrected chi connectivity index (χ1v) is 11.7. The number of carbonyl (C=O) groups is 1. The highest BCUT2D eigenvalue weighted by Crippen LogP contribution is 2.53. The number of amides is 1. The molecule has 5 atom stereocenters. The van der Waals surface area contributed by atoms with Crippen molar-refractivity contribution in [2.45, 2.75) is 97.6 Å². The number of alkyl carbamates (subject to hydrolysis) is 1. The van der Waals surface area contributed by atoms with Gasteiger partial charge in [0.05, 0.1) is 12.7 Å². The van der Waals surface area contributed by atoms with Crippen molar-refractivity contribution in [1.29, 1.82) is 0 Å². The van der Waals surface area contributed by atoms with Crippen molar-refractivity contribution in [3.63, 3.8) is 0 Å². The van der Waals surface area contributed by atoms with E-state index in [2.05, 4.69) is 39.1 Å². The highest BCUT2D eigenvalue weighted by atomic mass is 16.6. The molecule has 4 nitrogen and oxygen atoms in total. The molecule has 0 aromatic rings. The molecule has 3 aliphatic rings. The molecule has 0 radical (unpaired) electrons. The molecule has 2 aliphatic carbocycles. The number of allylic oxidation sites excluding steroid dienone is 1. The Kier molecular flexibility index (Phi) is 7.47. The highest BCUT2D eigenvalue weighted by molar-refractivity contribution is 5.67. The van der Waals surface area contributed by atoms with E-state index in [9.17, 15) is 4.79 Å². The molecule has 3 rings (SSSR count). The van der Waals surface area contributed by atoms with Gasteiger partial charge in [-0.1, -0.05) is 70.9 Å². The van der Waals surface area contributed by atoms with E-state index < -0.39 is 0 Å². The molecule has 4 heteroatoms. The van der Waals surface area contributed by atoms with Gasteiger partial charge in [-0.05, 0) is 38.0 Å². The monoisotopic (exact) mass is 391 g/mol. The van der Waals surface area contributed by atoms with Crippen LogP contribution in [0.25, 0.3) is 0 Å². The summed E-state index contributed by atoms with van der Waals surface area (Å²) in [7, 11) is 0.